The molecule has 7 rings (SSSR count). The van der Waals surface area contributed by atoms with Gasteiger partial charge in [0, 0.05) is 68.2 Å². The standard InChI is InChI=1S/C37H43ClF3N7O5/c1-20(2)48(23-14-37(40,41)15-23)32(49)25-13-22(39)7-8-27(25)52-33-43-31(30(38)44-45-33)46-18-36(19-46)16-24(17-36)51-28-9-11-42-26-10-12-47(21(3)29(26)28)34(50)53-35(4,5)6/h7-9,11,13,20-21,23-24H,10,12,14-19H2,1-6H3. The van der Waals surface area contributed by atoms with E-state index in [1.165, 1.54) is 11.0 Å². The summed E-state index contributed by atoms with van der Waals surface area (Å²) in [5.41, 5.74) is 1.06. The van der Waals surface area contributed by atoms with Gasteiger partial charge in [-0.25, -0.2) is 18.0 Å². The van der Waals surface area contributed by atoms with Gasteiger partial charge in [0.1, 0.15) is 29.0 Å². The molecular weight excluding hydrogens is 715 g/mol. The average Bonchev–Trinajstić information content (AvgIpc) is 3.01. The number of halogens is 4. The number of rotatable bonds is 8. The Morgan fingerprint density at radius 2 is 1.77 bits per heavy atom. The molecule has 1 unspecified atom stereocenters. The van der Waals surface area contributed by atoms with Crippen molar-refractivity contribution in [1.29, 1.82) is 0 Å². The van der Waals surface area contributed by atoms with Gasteiger partial charge in [-0.15, -0.1) is 5.10 Å². The summed E-state index contributed by atoms with van der Waals surface area (Å²) in [4.78, 5) is 40.7. The first-order valence-electron chi connectivity index (χ1n) is 17.9. The summed E-state index contributed by atoms with van der Waals surface area (Å²) in [5.74, 6) is -3.13. The zero-order valence-electron chi connectivity index (χ0n) is 30.5. The molecule has 1 atom stereocenters. The van der Waals surface area contributed by atoms with Crippen LogP contribution in [0.1, 0.15) is 94.9 Å². The van der Waals surface area contributed by atoms with Crippen LogP contribution in [-0.2, 0) is 11.2 Å². The highest BCUT2D eigenvalue weighted by Crippen LogP contribution is 2.52. The van der Waals surface area contributed by atoms with Crippen molar-refractivity contribution in [3.63, 3.8) is 0 Å². The maximum absolute atomic E-state index is 14.4. The molecule has 2 aromatic heterocycles. The van der Waals surface area contributed by atoms with E-state index in [-0.39, 0.29) is 46.1 Å². The van der Waals surface area contributed by atoms with Crippen LogP contribution in [0.25, 0.3) is 0 Å². The molecule has 3 fully saturated rings. The van der Waals surface area contributed by atoms with Gasteiger partial charge >= 0.3 is 12.1 Å². The predicted molar refractivity (Wildman–Crippen MR) is 188 cm³/mol. The molecule has 4 aliphatic rings. The zero-order valence-corrected chi connectivity index (χ0v) is 31.3. The molecule has 2 amide bonds. The van der Waals surface area contributed by atoms with Crippen molar-refractivity contribution in [3.05, 3.63) is 58.3 Å². The van der Waals surface area contributed by atoms with Crippen LogP contribution in [0.5, 0.6) is 17.5 Å². The smallest absolute Gasteiger partial charge is 0.410 e. The average molecular weight is 758 g/mol. The number of nitrogens with zero attached hydrogens (tertiary/aromatic N) is 7. The van der Waals surface area contributed by atoms with E-state index >= 15 is 0 Å². The molecule has 2 saturated carbocycles. The normalized spacial score (nSPS) is 20.6. The fraction of sp³-hybridized carbons (Fsp3) is 0.568. The Morgan fingerprint density at radius 3 is 2.43 bits per heavy atom. The van der Waals surface area contributed by atoms with Crippen molar-refractivity contribution >= 4 is 29.4 Å². The number of ether oxygens (including phenoxy) is 3. The molecule has 0 radical (unpaired) electrons. The van der Waals surface area contributed by atoms with Crippen molar-refractivity contribution in [2.75, 3.05) is 24.5 Å². The summed E-state index contributed by atoms with van der Waals surface area (Å²) >= 11 is 6.43. The molecule has 0 bridgehead atoms. The van der Waals surface area contributed by atoms with Gasteiger partial charge in [0.2, 0.25) is 0 Å². The quantitative estimate of drug-likeness (QED) is 0.230. The van der Waals surface area contributed by atoms with Crippen LogP contribution in [0, 0.1) is 11.2 Å². The van der Waals surface area contributed by atoms with Gasteiger partial charge < -0.3 is 28.9 Å². The van der Waals surface area contributed by atoms with E-state index in [9.17, 15) is 22.8 Å². The highest BCUT2D eigenvalue weighted by atomic mass is 35.5. The molecule has 3 aromatic rings. The van der Waals surface area contributed by atoms with Gasteiger partial charge in [0.15, 0.2) is 11.0 Å². The number of benzene rings is 1. The second-order valence-corrected chi connectivity index (χ2v) is 16.3. The van der Waals surface area contributed by atoms with Crippen LogP contribution in [-0.4, -0.2) is 91.3 Å². The number of carbonyl (C=O) groups is 2. The third kappa shape index (κ3) is 7.41. The second-order valence-electron chi connectivity index (χ2n) is 15.9. The number of hydrogen-bond donors (Lipinski definition) is 0. The molecule has 12 nitrogen and oxygen atoms in total. The highest BCUT2D eigenvalue weighted by Gasteiger charge is 2.55. The van der Waals surface area contributed by atoms with E-state index in [1.807, 2.05) is 38.7 Å². The third-order valence-electron chi connectivity index (χ3n) is 10.3. The molecule has 16 heteroatoms. The van der Waals surface area contributed by atoms with Crippen molar-refractivity contribution < 1.29 is 37.0 Å². The molecule has 1 aromatic carbocycles. The maximum atomic E-state index is 14.4. The predicted octanol–water partition coefficient (Wildman–Crippen LogP) is 7.40. The lowest BCUT2D eigenvalue weighted by Gasteiger charge is -2.58. The van der Waals surface area contributed by atoms with E-state index in [0.717, 1.165) is 42.0 Å². The first-order chi connectivity index (χ1) is 24.9. The van der Waals surface area contributed by atoms with Gasteiger partial charge in [-0.1, -0.05) is 16.7 Å². The number of carbonyl (C=O) groups excluding carboxylic acids is 2. The topological polar surface area (TPSA) is 123 Å². The molecule has 1 spiro atoms. The van der Waals surface area contributed by atoms with Crippen molar-refractivity contribution in [2.45, 2.75) is 109 Å². The van der Waals surface area contributed by atoms with Gasteiger partial charge in [-0.3, -0.25) is 9.78 Å². The number of hydrogen-bond acceptors (Lipinski definition) is 10. The number of alkyl halides is 2. The Balaban J connectivity index is 0.996. The fourth-order valence-electron chi connectivity index (χ4n) is 7.91. The summed E-state index contributed by atoms with van der Waals surface area (Å²) in [6.45, 7) is 12.7. The molecule has 53 heavy (non-hydrogen) atoms. The molecular formula is C37H43ClF3N7O5. The van der Waals surface area contributed by atoms with E-state index in [0.29, 0.717) is 31.9 Å². The number of amides is 2. The largest absolute Gasteiger partial charge is 0.490 e. The van der Waals surface area contributed by atoms with Crippen LogP contribution >= 0.6 is 11.6 Å². The summed E-state index contributed by atoms with van der Waals surface area (Å²) in [6.07, 6.45) is 2.63. The maximum Gasteiger partial charge on any atom is 0.410 e. The number of pyridine rings is 1. The molecule has 284 valence electrons. The lowest BCUT2D eigenvalue weighted by molar-refractivity contribution is -0.120. The van der Waals surface area contributed by atoms with Crippen molar-refractivity contribution in [3.8, 4) is 17.5 Å². The zero-order chi connectivity index (χ0) is 38.0. The molecule has 0 N–H and O–H groups in total. The minimum Gasteiger partial charge on any atom is -0.490 e. The fourth-order valence-corrected chi connectivity index (χ4v) is 8.11. The SMILES string of the molecule is CC1c2c(OC3CC4(C3)CN(c3nc(Oc5ccc(F)cc5C(=O)N(C(C)C)C5CC(F)(F)C5)nnc3Cl)C4)ccnc2CCN1C(=O)OC(C)(C)C. The Morgan fingerprint density at radius 1 is 1.06 bits per heavy atom. The summed E-state index contributed by atoms with van der Waals surface area (Å²) < 4.78 is 59.9. The van der Waals surface area contributed by atoms with Crippen LogP contribution in [0.4, 0.5) is 23.8 Å². The Labute approximate surface area is 311 Å². The van der Waals surface area contributed by atoms with Gasteiger partial charge in [0.25, 0.3) is 11.8 Å². The van der Waals surface area contributed by atoms with Crippen LogP contribution < -0.4 is 14.4 Å². The van der Waals surface area contributed by atoms with Gasteiger partial charge in [-0.2, -0.15) is 4.98 Å². The van der Waals surface area contributed by atoms with E-state index in [1.54, 1.807) is 24.9 Å². The second kappa shape index (κ2) is 13.5. The first-order valence-corrected chi connectivity index (χ1v) is 18.3. The Bertz CT molecular complexity index is 1910. The van der Waals surface area contributed by atoms with Crippen LogP contribution in [0.15, 0.2) is 30.5 Å². The van der Waals surface area contributed by atoms with Crippen LogP contribution in [0.3, 0.4) is 0 Å². The first kappa shape index (κ1) is 36.9. The molecule has 2 aliphatic carbocycles. The van der Waals surface area contributed by atoms with E-state index in [2.05, 4.69) is 20.2 Å². The number of anilines is 1. The minimum absolute atomic E-state index is 0.0175. The molecule has 4 heterocycles. The van der Waals surface area contributed by atoms with Gasteiger partial charge in [-0.05, 0) is 78.6 Å². The summed E-state index contributed by atoms with van der Waals surface area (Å²) in [7, 11) is 0. The monoisotopic (exact) mass is 757 g/mol. The Kier molecular flexibility index (Phi) is 9.39. The number of aromatic nitrogens is 4. The lowest BCUT2D eigenvalue weighted by Crippen LogP contribution is -2.65. The van der Waals surface area contributed by atoms with E-state index < -0.39 is 48.2 Å². The lowest BCUT2D eigenvalue weighted by atomic mass is 9.61. The minimum atomic E-state index is -2.84. The van der Waals surface area contributed by atoms with Gasteiger partial charge in [0.05, 0.1) is 17.3 Å². The molecule has 1 saturated heterocycles. The molecule has 2 aliphatic heterocycles. The third-order valence-corrected chi connectivity index (χ3v) is 10.6. The summed E-state index contributed by atoms with van der Waals surface area (Å²) in [6, 6.07) is 3.71. The summed E-state index contributed by atoms with van der Waals surface area (Å²) in [5, 5.41) is 8.03. The van der Waals surface area contributed by atoms with E-state index in [4.69, 9.17) is 25.8 Å². The van der Waals surface area contributed by atoms with Crippen LogP contribution in [0.2, 0.25) is 5.15 Å². The number of fused-ring (bicyclic) bond motifs is 1. The Hall–Kier alpha value is -4.40. The van der Waals surface area contributed by atoms with Crippen molar-refractivity contribution in [2.24, 2.45) is 5.41 Å². The van der Waals surface area contributed by atoms with Crippen molar-refractivity contribution in [1.82, 2.24) is 30.0 Å². The highest BCUT2D eigenvalue weighted by molar-refractivity contribution is 6.31.